The molecular weight excluding hydrogens is 303 g/mol. The van der Waals surface area contributed by atoms with Crippen LogP contribution in [0.15, 0.2) is 12.3 Å². The molecule has 116 valence electrons. The summed E-state index contributed by atoms with van der Waals surface area (Å²) < 4.78 is 19.3. The lowest BCUT2D eigenvalue weighted by Crippen LogP contribution is -2.20. The van der Waals surface area contributed by atoms with Crippen LogP contribution in [0.2, 0.25) is 0 Å². The van der Waals surface area contributed by atoms with Crippen molar-refractivity contribution >= 4 is 17.6 Å². The van der Waals surface area contributed by atoms with Gasteiger partial charge in [0.2, 0.25) is 0 Å². The molecule has 0 bridgehead atoms. The van der Waals surface area contributed by atoms with Gasteiger partial charge in [0.05, 0.1) is 22.9 Å². The van der Waals surface area contributed by atoms with E-state index in [-0.39, 0.29) is 11.7 Å². The van der Waals surface area contributed by atoms with Crippen LogP contribution in [0.3, 0.4) is 0 Å². The maximum Gasteiger partial charge on any atom is 0.177 e. The summed E-state index contributed by atoms with van der Waals surface area (Å²) in [7, 11) is 0. The first-order chi connectivity index (χ1) is 10.7. The van der Waals surface area contributed by atoms with Crippen LogP contribution in [0.5, 0.6) is 5.75 Å². The van der Waals surface area contributed by atoms with Gasteiger partial charge in [0.15, 0.2) is 23.0 Å². The van der Waals surface area contributed by atoms with E-state index in [1.54, 1.807) is 6.20 Å². The highest BCUT2D eigenvalue weighted by molar-refractivity contribution is 7.14. The van der Waals surface area contributed by atoms with E-state index in [1.807, 2.05) is 6.92 Å². The van der Waals surface area contributed by atoms with E-state index in [0.717, 1.165) is 24.2 Å². The van der Waals surface area contributed by atoms with Gasteiger partial charge >= 0.3 is 0 Å². The van der Waals surface area contributed by atoms with E-state index in [0.29, 0.717) is 28.4 Å². The topological polar surface area (TPSA) is 52.1 Å². The molecule has 1 aliphatic carbocycles. The fourth-order valence-corrected chi connectivity index (χ4v) is 3.48. The van der Waals surface area contributed by atoms with Gasteiger partial charge in [0.1, 0.15) is 0 Å². The van der Waals surface area contributed by atoms with Crippen LogP contribution in [0, 0.1) is 12.1 Å². The summed E-state index contributed by atoms with van der Waals surface area (Å²) in [5.74, 6) is 1.03. The van der Waals surface area contributed by atoms with E-state index in [4.69, 9.17) is 4.74 Å². The average Bonchev–Trinajstić information content (AvgIpc) is 2.91. The Morgan fingerprint density at radius 2 is 2.14 bits per heavy atom. The molecule has 6 heteroatoms. The molecule has 22 heavy (non-hydrogen) atoms. The Bertz CT molecular complexity index is 681. The van der Waals surface area contributed by atoms with Crippen LogP contribution < -0.4 is 4.74 Å². The monoisotopic (exact) mass is 320 g/mol. The van der Waals surface area contributed by atoms with Gasteiger partial charge in [-0.25, -0.2) is 9.97 Å². The number of hydrogen-bond donors (Lipinski definition) is 0. The number of aryl methyl sites for hydroxylation is 1. The first-order valence-electron chi connectivity index (χ1n) is 7.42. The number of nitrogens with zero attached hydrogens (tertiary/aromatic N) is 2. The molecule has 2 aromatic heterocycles. The predicted molar refractivity (Wildman–Crippen MR) is 82.9 cm³/mol. The molecule has 0 amide bonds. The average molecular weight is 320 g/mol. The van der Waals surface area contributed by atoms with Gasteiger partial charge in [0, 0.05) is 5.56 Å². The lowest BCUT2D eigenvalue weighted by molar-refractivity contribution is 0.112. The molecule has 4 nitrogen and oxygen atoms in total. The Morgan fingerprint density at radius 1 is 1.36 bits per heavy atom. The van der Waals surface area contributed by atoms with Crippen molar-refractivity contribution in [1.82, 2.24) is 9.97 Å². The summed E-state index contributed by atoms with van der Waals surface area (Å²) in [6, 6.07) is 1.21. The van der Waals surface area contributed by atoms with Gasteiger partial charge < -0.3 is 4.74 Å². The van der Waals surface area contributed by atoms with Gasteiger partial charge in [0.25, 0.3) is 0 Å². The third-order valence-electron chi connectivity index (χ3n) is 3.84. The van der Waals surface area contributed by atoms with Crippen LogP contribution >= 0.6 is 11.3 Å². The highest BCUT2D eigenvalue weighted by Crippen LogP contribution is 2.31. The molecule has 1 saturated carbocycles. The zero-order valence-corrected chi connectivity index (χ0v) is 13.2. The number of ether oxygens (including phenoxy) is 1. The first kappa shape index (κ1) is 15.1. The first-order valence-corrected chi connectivity index (χ1v) is 8.24. The standard InChI is InChI=1S/C16H17FN2O2S/c1-10-13(21-12-5-3-2-4-6-12)8-18-16(19-10)15-11(9-20)7-14(17)22-15/h7-9,12H,2-6H2,1H3. The van der Waals surface area contributed by atoms with Crippen LogP contribution in [-0.4, -0.2) is 22.4 Å². The van der Waals surface area contributed by atoms with E-state index in [2.05, 4.69) is 9.97 Å². The molecule has 0 aliphatic heterocycles. The Labute approximate surface area is 132 Å². The number of aldehydes is 1. The second-order valence-corrected chi connectivity index (χ2v) is 6.48. The summed E-state index contributed by atoms with van der Waals surface area (Å²) in [6.45, 7) is 1.84. The Kier molecular flexibility index (Phi) is 4.47. The highest BCUT2D eigenvalue weighted by atomic mass is 32.1. The summed E-state index contributed by atoms with van der Waals surface area (Å²) in [6.07, 6.45) is 8.26. The van der Waals surface area contributed by atoms with E-state index < -0.39 is 5.13 Å². The molecule has 2 aromatic rings. The Balaban J connectivity index is 1.83. The maximum atomic E-state index is 13.3. The molecule has 0 saturated heterocycles. The van der Waals surface area contributed by atoms with Gasteiger partial charge in [-0.05, 0) is 38.7 Å². The van der Waals surface area contributed by atoms with E-state index >= 15 is 0 Å². The fourth-order valence-electron chi connectivity index (χ4n) is 2.68. The summed E-state index contributed by atoms with van der Waals surface area (Å²) in [4.78, 5) is 20.1. The third kappa shape index (κ3) is 3.16. The molecule has 3 rings (SSSR count). The summed E-state index contributed by atoms with van der Waals surface area (Å²) in [5.41, 5.74) is 0.990. The normalized spacial score (nSPS) is 15.7. The van der Waals surface area contributed by atoms with Gasteiger partial charge in [-0.1, -0.05) is 6.42 Å². The molecule has 2 heterocycles. The molecule has 0 aromatic carbocycles. The fraction of sp³-hybridized carbons (Fsp3) is 0.438. The van der Waals surface area contributed by atoms with Crippen LogP contribution in [0.4, 0.5) is 4.39 Å². The van der Waals surface area contributed by atoms with E-state index in [9.17, 15) is 9.18 Å². The SMILES string of the molecule is Cc1nc(-c2sc(F)cc2C=O)ncc1OC1CCCCC1. The zero-order valence-electron chi connectivity index (χ0n) is 12.3. The number of carbonyl (C=O) groups excluding carboxylic acids is 1. The number of hydrogen-bond acceptors (Lipinski definition) is 5. The number of rotatable bonds is 4. The zero-order chi connectivity index (χ0) is 15.5. The van der Waals surface area contributed by atoms with Crippen molar-refractivity contribution in [3.05, 3.63) is 28.7 Å². The second kappa shape index (κ2) is 6.52. The van der Waals surface area contributed by atoms with Crippen molar-refractivity contribution in [3.63, 3.8) is 0 Å². The number of aromatic nitrogens is 2. The minimum atomic E-state index is -0.416. The van der Waals surface area contributed by atoms with Crippen LogP contribution in [0.25, 0.3) is 10.7 Å². The van der Waals surface area contributed by atoms with Crippen molar-refractivity contribution < 1.29 is 13.9 Å². The maximum absolute atomic E-state index is 13.3. The predicted octanol–water partition coefficient (Wildman–Crippen LogP) is 4.18. The number of thiophene rings is 1. The molecule has 0 N–H and O–H groups in total. The number of carbonyl (C=O) groups is 1. The summed E-state index contributed by atoms with van der Waals surface area (Å²) in [5, 5.41) is -0.416. The molecule has 0 spiro atoms. The lowest BCUT2D eigenvalue weighted by Gasteiger charge is -2.23. The largest absolute Gasteiger partial charge is 0.487 e. The van der Waals surface area contributed by atoms with Gasteiger partial charge in [-0.3, -0.25) is 4.79 Å². The van der Waals surface area contributed by atoms with Crippen molar-refractivity contribution in [2.24, 2.45) is 0 Å². The molecule has 0 radical (unpaired) electrons. The molecule has 1 fully saturated rings. The van der Waals surface area contributed by atoms with Crippen molar-refractivity contribution in [2.45, 2.75) is 45.1 Å². The minimum Gasteiger partial charge on any atom is -0.487 e. The molecular formula is C16H17FN2O2S. The number of halogens is 1. The van der Waals surface area contributed by atoms with Crippen molar-refractivity contribution in [2.75, 3.05) is 0 Å². The molecule has 1 aliphatic rings. The molecule has 0 unspecified atom stereocenters. The van der Waals surface area contributed by atoms with Crippen LogP contribution in [-0.2, 0) is 0 Å². The van der Waals surface area contributed by atoms with Crippen molar-refractivity contribution in [1.29, 1.82) is 0 Å². The van der Waals surface area contributed by atoms with E-state index in [1.165, 1.54) is 25.3 Å². The quantitative estimate of drug-likeness (QED) is 0.793. The Hall–Kier alpha value is -1.82. The molecule has 0 atom stereocenters. The summed E-state index contributed by atoms with van der Waals surface area (Å²) >= 11 is 0.879. The van der Waals surface area contributed by atoms with Gasteiger partial charge in [-0.2, -0.15) is 4.39 Å². The second-order valence-electron chi connectivity index (χ2n) is 5.47. The van der Waals surface area contributed by atoms with Gasteiger partial charge in [-0.15, -0.1) is 11.3 Å². The van der Waals surface area contributed by atoms with Crippen molar-refractivity contribution in [3.8, 4) is 16.5 Å². The highest BCUT2D eigenvalue weighted by Gasteiger charge is 2.18. The van der Waals surface area contributed by atoms with Crippen LogP contribution in [0.1, 0.15) is 48.2 Å². The third-order valence-corrected chi connectivity index (χ3v) is 4.78. The lowest BCUT2D eigenvalue weighted by atomic mass is 9.98. The minimum absolute atomic E-state index is 0.228. The smallest absolute Gasteiger partial charge is 0.177 e. The Morgan fingerprint density at radius 3 is 2.82 bits per heavy atom.